The fourth-order valence-corrected chi connectivity index (χ4v) is 2.96. The molecule has 17 heavy (non-hydrogen) atoms. The van der Waals surface area contributed by atoms with Crippen molar-refractivity contribution in [1.82, 2.24) is 4.90 Å². The van der Waals surface area contributed by atoms with E-state index >= 15 is 0 Å². The van der Waals surface area contributed by atoms with Crippen molar-refractivity contribution < 1.29 is 4.79 Å². The summed E-state index contributed by atoms with van der Waals surface area (Å²) in [5.74, 6) is 0.800. The summed E-state index contributed by atoms with van der Waals surface area (Å²) in [5, 5.41) is 0. The van der Waals surface area contributed by atoms with E-state index in [2.05, 4.69) is 45.4 Å². The summed E-state index contributed by atoms with van der Waals surface area (Å²) in [4.78, 5) is 14.6. The average molecular weight is 408 g/mol. The molecule has 1 heterocycles. The summed E-state index contributed by atoms with van der Waals surface area (Å²) in [6.07, 6.45) is 1.08. The third-order valence-electron chi connectivity index (χ3n) is 3.24. The van der Waals surface area contributed by atoms with Crippen LogP contribution in [0.25, 0.3) is 0 Å². The highest BCUT2D eigenvalue weighted by Gasteiger charge is 2.27. The molecule has 2 rings (SSSR count). The lowest BCUT2D eigenvalue weighted by Gasteiger charge is -2.34. The topological polar surface area (TPSA) is 20.3 Å². The first kappa shape index (κ1) is 13.3. The highest BCUT2D eigenvalue weighted by Crippen LogP contribution is 2.24. The lowest BCUT2D eigenvalue weighted by atomic mass is 9.98. The normalized spacial score (nSPS) is 24.8. The van der Waals surface area contributed by atoms with Gasteiger partial charge in [0, 0.05) is 27.1 Å². The smallest absolute Gasteiger partial charge is 0.253 e. The lowest BCUT2D eigenvalue weighted by molar-refractivity contribution is 0.0706. The molecule has 1 aromatic carbocycles. The van der Waals surface area contributed by atoms with Gasteiger partial charge in [0.2, 0.25) is 0 Å². The van der Waals surface area contributed by atoms with E-state index in [1.54, 1.807) is 0 Å². The molecular weight excluding hydrogens is 393 g/mol. The van der Waals surface area contributed by atoms with Crippen molar-refractivity contribution in [3.8, 4) is 0 Å². The van der Waals surface area contributed by atoms with Crippen LogP contribution in [0.5, 0.6) is 0 Å². The second-order valence-electron chi connectivity index (χ2n) is 4.54. The Morgan fingerprint density at radius 3 is 2.65 bits per heavy atom. The first-order chi connectivity index (χ1) is 8.08. The van der Waals surface area contributed by atoms with Crippen molar-refractivity contribution in [2.45, 2.75) is 18.2 Å². The standard InChI is InChI=1S/C13H15BrINO/c1-9-6-7-16(8-12(9)14)13(17)10-2-4-11(15)5-3-10/h2-5,9,12H,6-8H2,1H3. The number of halogens is 2. The van der Waals surface area contributed by atoms with Gasteiger partial charge in [0.1, 0.15) is 0 Å². The third-order valence-corrected chi connectivity index (χ3v) is 5.16. The van der Waals surface area contributed by atoms with E-state index < -0.39 is 0 Å². The lowest BCUT2D eigenvalue weighted by Crippen LogP contribution is -2.43. The Balaban J connectivity index is 2.08. The number of hydrogen-bond donors (Lipinski definition) is 0. The number of amides is 1. The van der Waals surface area contributed by atoms with Gasteiger partial charge in [0.15, 0.2) is 0 Å². The second-order valence-corrected chi connectivity index (χ2v) is 6.96. The number of likely N-dealkylation sites (tertiary alicyclic amines) is 1. The number of benzene rings is 1. The van der Waals surface area contributed by atoms with Crippen molar-refractivity contribution in [3.63, 3.8) is 0 Å². The van der Waals surface area contributed by atoms with E-state index in [9.17, 15) is 4.79 Å². The van der Waals surface area contributed by atoms with Crippen LogP contribution in [0.1, 0.15) is 23.7 Å². The summed E-state index contributed by atoms with van der Waals surface area (Å²) in [6.45, 7) is 3.91. The number of carbonyl (C=O) groups is 1. The monoisotopic (exact) mass is 407 g/mol. The molecule has 92 valence electrons. The molecule has 0 saturated carbocycles. The van der Waals surface area contributed by atoms with Gasteiger partial charge >= 0.3 is 0 Å². The molecule has 2 unspecified atom stereocenters. The number of alkyl halides is 1. The average Bonchev–Trinajstić information content (AvgIpc) is 2.33. The zero-order valence-corrected chi connectivity index (χ0v) is 13.4. The van der Waals surface area contributed by atoms with Crippen LogP contribution in [0.3, 0.4) is 0 Å². The van der Waals surface area contributed by atoms with Crippen LogP contribution in [0, 0.1) is 9.49 Å². The van der Waals surface area contributed by atoms with Gasteiger partial charge in [0.05, 0.1) is 0 Å². The van der Waals surface area contributed by atoms with Crippen LogP contribution < -0.4 is 0 Å². The molecule has 1 aliphatic heterocycles. The Morgan fingerprint density at radius 1 is 1.41 bits per heavy atom. The first-order valence-electron chi connectivity index (χ1n) is 5.77. The van der Waals surface area contributed by atoms with Gasteiger partial charge in [-0.1, -0.05) is 22.9 Å². The summed E-state index contributed by atoms with van der Waals surface area (Å²) in [7, 11) is 0. The second kappa shape index (κ2) is 5.69. The predicted molar refractivity (Wildman–Crippen MR) is 81.6 cm³/mol. The van der Waals surface area contributed by atoms with E-state index in [1.807, 2.05) is 29.2 Å². The van der Waals surface area contributed by atoms with Gasteiger partial charge in [-0.3, -0.25) is 4.79 Å². The molecule has 2 nitrogen and oxygen atoms in total. The van der Waals surface area contributed by atoms with Crippen LogP contribution in [-0.2, 0) is 0 Å². The third kappa shape index (κ3) is 3.22. The van der Waals surface area contributed by atoms with Crippen LogP contribution >= 0.6 is 38.5 Å². The van der Waals surface area contributed by atoms with Crippen molar-refractivity contribution in [2.24, 2.45) is 5.92 Å². The highest BCUT2D eigenvalue weighted by atomic mass is 127. The largest absolute Gasteiger partial charge is 0.338 e. The maximum absolute atomic E-state index is 12.3. The molecular formula is C13H15BrINO. The Hall–Kier alpha value is -0.100. The summed E-state index contributed by atoms with van der Waals surface area (Å²) < 4.78 is 1.16. The molecule has 2 atom stereocenters. The maximum atomic E-state index is 12.3. The molecule has 1 aromatic rings. The van der Waals surface area contributed by atoms with Crippen LogP contribution in [0.15, 0.2) is 24.3 Å². The molecule has 0 aromatic heterocycles. The Labute approximate surface area is 124 Å². The fourth-order valence-electron chi connectivity index (χ4n) is 1.98. The Morgan fingerprint density at radius 2 is 2.06 bits per heavy atom. The van der Waals surface area contributed by atoms with Crippen LogP contribution in [0.4, 0.5) is 0 Å². The fraction of sp³-hybridized carbons (Fsp3) is 0.462. The zero-order chi connectivity index (χ0) is 12.4. The van der Waals surface area contributed by atoms with Gasteiger partial charge in [0.25, 0.3) is 5.91 Å². The minimum atomic E-state index is 0.151. The van der Waals surface area contributed by atoms with Gasteiger partial charge < -0.3 is 4.90 Å². The summed E-state index contributed by atoms with van der Waals surface area (Å²) in [6, 6.07) is 7.77. The molecule has 1 fully saturated rings. The molecule has 1 amide bonds. The van der Waals surface area contributed by atoms with Crippen molar-refractivity contribution in [1.29, 1.82) is 0 Å². The first-order valence-corrected chi connectivity index (χ1v) is 7.76. The number of rotatable bonds is 1. The number of carbonyl (C=O) groups excluding carboxylic acids is 1. The number of hydrogen-bond acceptors (Lipinski definition) is 1. The van der Waals surface area contributed by atoms with Crippen molar-refractivity contribution in [3.05, 3.63) is 33.4 Å². The highest BCUT2D eigenvalue weighted by molar-refractivity contribution is 14.1. The molecule has 0 aliphatic carbocycles. The minimum Gasteiger partial charge on any atom is -0.338 e. The van der Waals surface area contributed by atoms with Crippen LogP contribution in [0.2, 0.25) is 0 Å². The van der Waals surface area contributed by atoms with E-state index in [-0.39, 0.29) is 5.91 Å². The molecule has 4 heteroatoms. The SMILES string of the molecule is CC1CCN(C(=O)c2ccc(I)cc2)CC1Br. The minimum absolute atomic E-state index is 0.151. The maximum Gasteiger partial charge on any atom is 0.253 e. The molecule has 0 N–H and O–H groups in total. The zero-order valence-electron chi connectivity index (χ0n) is 9.70. The van der Waals surface area contributed by atoms with Gasteiger partial charge in [-0.2, -0.15) is 0 Å². The molecule has 1 saturated heterocycles. The van der Waals surface area contributed by atoms with E-state index in [4.69, 9.17) is 0 Å². The predicted octanol–water partition coefficient (Wildman–Crippen LogP) is 3.54. The summed E-state index contributed by atoms with van der Waals surface area (Å²) in [5.41, 5.74) is 0.791. The van der Waals surface area contributed by atoms with Crippen LogP contribution in [-0.4, -0.2) is 28.7 Å². The van der Waals surface area contributed by atoms with Gasteiger partial charge in [-0.25, -0.2) is 0 Å². The molecule has 0 bridgehead atoms. The van der Waals surface area contributed by atoms with Gasteiger partial charge in [-0.15, -0.1) is 0 Å². The Bertz CT molecular complexity index is 406. The van der Waals surface area contributed by atoms with Crippen molar-refractivity contribution in [2.75, 3.05) is 13.1 Å². The van der Waals surface area contributed by atoms with Crippen molar-refractivity contribution >= 4 is 44.4 Å². The quantitative estimate of drug-likeness (QED) is 0.515. The molecule has 1 aliphatic rings. The van der Waals surface area contributed by atoms with E-state index in [0.717, 1.165) is 28.6 Å². The Kier molecular flexibility index (Phi) is 4.47. The number of piperidine rings is 1. The molecule has 0 spiro atoms. The molecule has 0 radical (unpaired) electrons. The van der Waals surface area contributed by atoms with Gasteiger partial charge in [-0.05, 0) is 59.2 Å². The van der Waals surface area contributed by atoms with E-state index in [1.165, 1.54) is 0 Å². The van der Waals surface area contributed by atoms with E-state index in [0.29, 0.717) is 10.7 Å². The number of nitrogens with zero attached hydrogens (tertiary/aromatic N) is 1. The summed E-state index contributed by atoms with van der Waals surface area (Å²) >= 11 is 5.90.